The van der Waals surface area contributed by atoms with Crippen LogP contribution in [-0.2, 0) is 0 Å². The van der Waals surface area contributed by atoms with E-state index in [0.29, 0.717) is 5.82 Å². The Hall–Kier alpha value is -1.59. The van der Waals surface area contributed by atoms with Crippen molar-refractivity contribution in [2.24, 2.45) is 5.84 Å². The highest BCUT2D eigenvalue weighted by Crippen LogP contribution is 2.28. The Morgan fingerprint density at radius 2 is 1.94 bits per heavy atom. The second-order valence-corrected chi connectivity index (χ2v) is 4.83. The van der Waals surface area contributed by atoms with Crippen molar-refractivity contribution in [1.29, 1.82) is 0 Å². The number of hydrogen-bond acceptors (Lipinski definition) is 5. The molecule has 3 N–H and O–H groups in total. The van der Waals surface area contributed by atoms with E-state index >= 15 is 0 Å². The lowest BCUT2D eigenvalue weighted by Gasteiger charge is -2.05. The summed E-state index contributed by atoms with van der Waals surface area (Å²) in [7, 11) is 0. The molecule has 5 heteroatoms. The number of nitrogen functional groups attached to an aromatic ring is 1. The number of rotatable bonds is 3. The maximum atomic E-state index is 5.31. The molecular weight excluding hydrogens is 232 g/mol. The summed E-state index contributed by atoms with van der Waals surface area (Å²) in [4.78, 5) is 9.32. The average molecular weight is 246 g/mol. The van der Waals surface area contributed by atoms with Gasteiger partial charge in [0.2, 0.25) is 0 Å². The Bertz CT molecular complexity index is 528. The van der Waals surface area contributed by atoms with Gasteiger partial charge in [-0.2, -0.15) is 0 Å². The van der Waals surface area contributed by atoms with Gasteiger partial charge in [-0.05, 0) is 37.1 Å². The smallest absolute Gasteiger partial charge is 0.144 e. The minimum atomic E-state index is 0.617. The molecular formula is C12H14N4S. The lowest BCUT2D eigenvalue weighted by Crippen LogP contribution is -2.08. The predicted octanol–water partition coefficient (Wildman–Crippen LogP) is 2.53. The van der Waals surface area contributed by atoms with Gasteiger partial charge in [0.05, 0.1) is 0 Å². The predicted molar refractivity (Wildman–Crippen MR) is 69.9 cm³/mol. The van der Waals surface area contributed by atoms with Gasteiger partial charge < -0.3 is 5.43 Å². The Morgan fingerprint density at radius 3 is 2.65 bits per heavy atom. The van der Waals surface area contributed by atoms with Gasteiger partial charge in [0.15, 0.2) is 0 Å². The number of hydrazine groups is 1. The molecule has 0 amide bonds. The minimum absolute atomic E-state index is 0.617. The molecule has 0 bridgehead atoms. The van der Waals surface area contributed by atoms with E-state index in [4.69, 9.17) is 5.84 Å². The van der Waals surface area contributed by atoms with E-state index in [9.17, 15) is 0 Å². The Morgan fingerprint density at radius 1 is 1.12 bits per heavy atom. The van der Waals surface area contributed by atoms with Crippen LogP contribution in [0.15, 0.2) is 40.5 Å². The molecule has 2 rings (SSSR count). The molecule has 1 aromatic heterocycles. The summed E-state index contributed by atoms with van der Waals surface area (Å²) < 4.78 is 0. The second kappa shape index (κ2) is 5.16. The molecule has 4 nitrogen and oxygen atoms in total. The molecule has 17 heavy (non-hydrogen) atoms. The summed E-state index contributed by atoms with van der Waals surface area (Å²) in [5.41, 5.74) is 5.08. The molecule has 88 valence electrons. The van der Waals surface area contributed by atoms with Gasteiger partial charge in [-0.25, -0.2) is 15.8 Å². The van der Waals surface area contributed by atoms with Crippen molar-refractivity contribution in [3.05, 3.63) is 41.7 Å². The third kappa shape index (κ3) is 2.95. The maximum absolute atomic E-state index is 5.31. The number of nitrogens with two attached hydrogens (primary N) is 1. The fourth-order valence-corrected chi connectivity index (χ4v) is 2.26. The van der Waals surface area contributed by atoms with Gasteiger partial charge in [0.25, 0.3) is 0 Å². The van der Waals surface area contributed by atoms with Crippen LogP contribution in [-0.4, -0.2) is 9.97 Å². The topological polar surface area (TPSA) is 63.8 Å². The number of aryl methyl sites for hydroxylation is 2. The molecule has 1 heterocycles. The minimum Gasteiger partial charge on any atom is -0.308 e. The molecule has 0 aliphatic rings. The molecule has 2 aromatic rings. The number of nitrogens with one attached hydrogen (secondary N) is 1. The number of hydrogen-bond donors (Lipinski definition) is 2. The summed E-state index contributed by atoms with van der Waals surface area (Å²) in [6.07, 6.45) is 1.50. The highest BCUT2D eigenvalue weighted by molar-refractivity contribution is 7.99. The molecule has 0 radical (unpaired) electrons. The molecule has 0 spiro atoms. The molecule has 0 saturated carbocycles. The highest BCUT2D eigenvalue weighted by Gasteiger charge is 2.02. The first-order valence-electron chi connectivity index (χ1n) is 5.23. The standard InChI is InChI=1S/C12H14N4S/c1-8-3-4-10(5-9(8)2)17-12-6-11(16-13)14-7-15-12/h3-7H,13H2,1-2H3,(H,14,15,16). The fourth-order valence-electron chi connectivity index (χ4n) is 1.37. The number of nitrogens with zero attached hydrogens (tertiary/aromatic N) is 2. The summed E-state index contributed by atoms with van der Waals surface area (Å²) in [5.74, 6) is 5.92. The van der Waals surface area contributed by atoms with Crippen LogP contribution in [0.3, 0.4) is 0 Å². The van der Waals surface area contributed by atoms with Crippen molar-refractivity contribution in [2.75, 3.05) is 5.43 Å². The molecule has 0 fully saturated rings. The second-order valence-electron chi connectivity index (χ2n) is 3.73. The lowest BCUT2D eigenvalue weighted by molar-refractivity contribution is 1.04. The molecule has 0 aliphatic carbocycles. The van der Waals surface area contributed by atoms with E-state index in [1.165, 1.54) is 17.5 Å². The molecule has 0 unspecified atom stereocenters. The average Bonchev–Trinajstić information content (AvgIpc) is 2.34. The van der Waals surface area contributed by atoms with Crippen molar-refractivity contribution in [2.45, 2.75) is 23.8 Å². The van der Waals surface area contributed by atoms with Crippen LogP contribution in [0, 0.1) is 13.8 Å². The number of aromatic nitrogens is 2. The largest absolute Gasteiger partial charge is 0.308 e. The van der Waals surface area contributed by atoms with Gasteiger partial charge in [0, 0.05) is 11.0 Å². The normalized spacial score (nSPS) is 10.3. The lowest BCUT2D eigenvalue weighted by atomic mass is 10.1. The van der Waals surface area contributed by atoms with E-state index in [-0.39, 0.29) is 0 Å². The first kappa shape index (κ1) is 11.9. The first-order chi connectivity index (χ1) is 8.19. The van der Waals surface area contributed by atoms with Crippen LogP contribution < -0.4 is 11.3 Å². The van der Waals surface area contributed by atoms with Crippen LogP contribution in [0.25, 0.3) is 0 Å². The monoisotopic (exact) mass is 246 g/mol. The Labute approximate surface area is 105 Å². The number of benzene rings is 1. The zero-order chi connectivity index (χ0) is 12.3. The van der Waals surface area contributed by atoms with Gasteiger partial charge in [-0.3, -0.25) is 0 Å². The van der Waals surface area contributed by atoms with Gasteiger partial charge in [0.1, 0.15) is 17.2 Å². The third-order valence-corrected chi connectivity index (χ3v) is 3.41. The molecule has 0 aliphatic heterocycles. The van der Waals surface area contributed by atoms with E-state index < -0.39 is 0 Å². The molecule has 1 aromatic carbocycles. The molecule has 0 saturated heterocycles. The third-order valence-electron chi connectivity index (χ3n) is 2.49. The SMILES string of the molecule is Cc1ccc(Sc2cc(NN)ncn2)cc1C. The van der Waals surface area contributed by atoms with Gasteiger partial charge in [-0.15, -0.1) is 0 Å². The van der Waals surface area contributed by atoms with E-state index in [2.05, 4.69) is 47.4 Å². The fraction of sp³-hybridized carbons (Fsp3) is 0.167. The van der Waals surface area contributed by atoms with Crippen molar-refractivity contribution >= 4 is 17.6 Å². The summed E-state index contributed by atoms with van der Waals surface area (Å²) in [6.45, 7) is 4.21. The van der Waals surface area contributed by atoms with Crippen LogP contribution in [0.2, 0.25) is 0 Å². The van der Waals surface area contributed by atoms with Crippen LogP contribution >= 0.6 is 11.8 Å². The zero-order valence-corrected chi connectivity index (χ0v) is 10.6. The Kier molecular flexibility index (Phi) is 3.61. The summed E-state index contributed by atoms with van der Waals surface area (Å²) >= 11 is 1.59. The Balaban J connectivity index is 2.22. The van der Waals surface area contributed by atoms with Crippen molar-refractivity contribution in [1.82, 2.24) is 9.97 Å². The summed E-state index contributed by atoms with van der Waals surface area (Å²) in [6, 6.07) is 8.17. The van der Waals surface area contributed by atoms with E-state index in [0.717, 1.165) is 9.92 Å². The first-order valence-corrected chi connectivity index (χ1v) is 6.04. The van der Waals surface area contributed by atoms with Crippen LogP contribution in [0.1, 0.15) is 11.1 Å². The molecule has 0 atom stereocenters. The van der Waals surface area contributed by atoms with Crippen LogP contribution in [0.5, 0.6) is 0 Å². The van der Waals surface area contributed by atoms with Crippen LogP contribution in [0.4, 0.5) is 5.82 Å². The highest BCUT2D eigenvalue weighted by atomic mass is 32.2. The van der Waals surface area contributed by atoms with Crippen molar-refractivity contribution in [3.63, 3.8) is 0 Å². The maximum Gasteiger partial charge on any atom is 0.144 e. The van der Waals surface area contributed by atoms with Gasteiger partial charge in [-0.1, -0.05) is 17.8 Å². The van der Waals surface area contributed by atoms with Gasteiger partial charge >= 0.3 is 0 Å². The van der Waals surface area contributed by atoms with Crippen molar-refractivity contribution < 1.29 is 0 Å². The van der Waals surface area contributed by atoms with Crippen molar-refractivity contribution in [3.8, 4) is 0 Å². The van der Waals surface area contributed by atoms with E-state index in [1.807, 2.05) is 6.07 Å². The summed E-state index contributed by atoms with van der Waals surface area (Å²) in [5, 5.41) is 0.871. The zero-order valence-electron chi connectivity index (χ0n) is 9.77. The number of anilines is 1. The van der Waals surface area contributed by atoms with E-state index in [1.54, 1.807) is 11.8 Å². The quantitative estimate of drug-likeness (QED) is 0.495.